The van der Waals surface area contributed by atoms with Crippen LogP contribution in [0.1, 0.15) is 22.7 Å². The molecule has 4 rings (SSSR count). The van der Waals surface area contributed by atoms with Gasteiger partial charge >= 0.3 is 0 Å². The normalized spacial score (nSPS) is 17.5. The van der Waals surface area contributed by atoms with Gasteiger partial charge < -0.3 is 10.0 Å². The SMILES string of the molecule is O=C1C(=O)N(CCc2ccccc2)[C@H](c2ccc([N+](=O)[O-])cc2)C1=C(O)c1ccccc1. The van der Waals surface area contributed by atoms with Crippen molar-refractivity contribution >= 4 is 23.1 Å². The molecule has 3 aromatic carbocycles. The molecule has 1 aliphatic rings. The van der Waals surface area contributed by atoms with Crippen LogP contribution in [0.4, 0.5) is 5.69 Å². The molecule has 1 saturated heterocycles. The number of non-ortho nitro benzene ring substituents is 1. The lowest BCUT2D eigenvalue weighted by atomic mass is 9.95. The number of carbonyl (C=O) groups is 2. The number of carbonyl (C=O) groups excluding carboxylic acids is 2. The Morgan fingerprint density at radius 1 is 0.906 bits per heavy atom. The summed E-state index contributed by atoms with van der Waals surface area (Å²) in [7, 11) is 0. The largest absolute Gasteiger partial charge is 0.507 e. The van der Waals surface area contributed by atoms with Crippen LogP contribution in [0, 0.1) is 10.1 Å². The molecule has 1 aliphatic heterocycles. The van der Waals surface area contributed by atoms with Gasteiger partial charge in [-0.25, -0.2) is 0 Å². The standard InChI is InChI=1S/C25H20N2O5/c28-23(19-9-5-2-6-10-19)21-22(18-11-13-20(14-12-18)27(31)32)26(25(30)24(21)29)16-15-17-7-3-1-4-8-17/h1-14,22,28H,15-16H2/t22-/m1/s1. The summed E-state index contributed by atoms with van der Waals surface area (Å²) in [6.45, 7) is 0.252. The minimum absolute atomic E-state index is 0.0249. The first-order chi connectivity index (χ1) is 15.5. The minimum Gasteiger partial charge on any atom is -0.507 e. The first-order valence-electron chi connectivity index (χ1n) is 10.1. The van der Waals surface area contributed by atoms with E-state index in [1.165, 1.54) is 29.2 Å². The molecule has 3 aromatic rings. The number of ketones is 1. The number of aliphatic hydroxyl groups is 1. The van der Waals surface area contributed by atoms with Crippen molar-refractivity contribution in [3.05, 3.63) is 117 Å². The van der Waals surface area contributed by atoms with Crippen molar-refractivity contribution in [2.75, 3.05) is 6.54 Å². The fourth-order valence-electron chi connectivity index (χ4n) is 3.88. The molecule has 0 radical (unpaired) electrons. The highest BCUT2D eigenvalue weighted by Gasteiger charge is 2.45. The van der Waals surface area contributed by atoms with E-state index in [2.05, 4.69) is 0 Å². The van der Waals surface area contributed by atoms with E-state index in [1.807, 2.05) is 30.3 Å². The van der Waals surface area contributed by atoms with Crippen molar-refractivity contribution in [3.63, 3.8) is 0 Å². The topological polar surface area (TPSA) is 101 Å². The molecule has 0 bridgehead atoms. The third-order valence-corrected chi connectivity index (χ3v) is 5.49. The Labute approximate surface area is 184 Å². The van der Waals surface area contributed by atoms with Crippen LogP contribution in [-0.2, 0) is 16.0 Å². The average molecular weight is 428 g/mol. The lowest BCUT2D eigenvalue weighted by molar-refractivity contribution is -0.384. The Morgan fingerprint density at radius 3 is 2.09 bits per heavy atom. The maximum absolute atomic E-state index is 13.0. The summed E-state index contributed by atoms with van der Waals surface area (Å²) in [5, 5.41) is 22.0. The van der Waals surface area contributed by atoms with E-state index in [4.69, 9.17) is 0 Å². The summed E-state index contributed by atoms with van der Waals surface area (Å²) in [5.41, 5.74) is 1.81. The smallest absolute Gasteiger partial charge is 0.295 e. The number of aliphatic hydroxyl groups excluding tert-OH is 1. The van der Waals surface area contributed by atoms with Crippen LogP contribution in [0.15, 0.2) is 90.5 Å². The molecule has 0 unspecified atom stereocenters. The second-order valence-corrected chi connectivity index (χ2v) is 7.44. The monoisotopic (exact) mass is 428 g/mol. The van der Waals surface area contributed by atoms with Crippen LogP contribution in [-0.4, -0.2) is 33.2 Å². The molecule has 1 atom stereocenters. The Hall–Kier alpha value is -4.26. The lowest BCUT2D eigenvalue weighted by Gasteiger charge is -2.25. The van der Waals surface area contributed by atoms with Gasteiger partial charge in [-0.15, -0.1) is 0 Å². The number of Topliss-reactive ketones (excluding diaryl/α,β-unsaturated/α-hetero) is 1. The van der Waals surface area contributed by atoms with E-state index in [0.717, 1.165) is 5.56 Å². The lowest BCUT2D eigenvalue weighted by Crippen LogP contribution is -2.31. The molecule has 7 nitrogen and oxygen atoms in total. The maximum atomic E-state index is 13.0. The first kappa shape index (κ1) is 21.0. The number of hydrogen-bond donors (Lipinski definition) is 1. The molecule has 0 aliphatic carbocycles. The zero-order valence-corrected chi connectivity index (χ0v) is 17.0. The van der Waals surface area contributed by atoms with Gasteiger partial charge in [0.25, 0.3) is 17.4 Å². The minimum atomic E-state index is -0.847. The Morgan fingerprint density at radius 2 is 1.50 bits per heavy atom. The van der Waals surface area contributed by atoms with Crippen LogP contribution in [0.2, 0.25) is 0 Å². The van der Waals surface area contributed by atoms with Gasteiger partial charge in [0.1, 0.15) is 5.76 Å². The van der Waals surface area contributed by atoms with E-state index < -0.39 is 22.7 Å². The van der Waals surface area contributed by atoms with Crippen LogP contribution >= 0.6 is 0 Å². The molecule has 160 valence electrons. The van der Waals surface area contributed by atoms with E-state index >= 15 is 0 Å². The Kier molecular flexibility index (Phi) is 5.81. The summed E-state index contributed by atoms with van der Waals surface area (Å²) in [6.07, 6.45) is 0.517. The molecular formula is C25H20N2O5. The number of nitro groups is 1. The molecule has 1 amide bonds. The third-order valence-electron chi connectivity index (χ3n) is 5.49. The Balaban J connectivity index is 1.78. The molecule has 32 heavy (non-hydrogen) atoms. The number of nitro benzene ring substituents is 1. The van der Waals surface area contributed by atoms with Crippen molar-refractivity contribution in [2.24, 2.45) is 0 Å². The molecule has 0 spiro atoms. The van der Waals surface area contributed by atoms with Crippen LogP contribution in [0.5, 0.6) is 0 Å². The molecule has 1 fully saturated rings. The number of rotatable bonds is 6. The summed E-state index contributed by atoms with van der Waals surface area (Å²) in [5.74, 6) is -1.75. The number of likely N-dealkylation sites (tertiary alicyclic amines) is 1. The highest BCUT2D eigenvalue weighted by atomic mass is 16.6. The number of hydrogen-bond acceptors (Lipinski definition) is 5. The average Bonchev–Trinajstić information content (AvgIpc) is 3.08. The summed E-state index contributed by atoms with van der Waals surface area (Å²) >= 11 is 0. The highest BCUT2D eigenvalue weighted by molar-refractivity contribution is 6.46. The number of amides is 1. The zero-order valence-electron chi connectivity index (χ0n) is 17.0. The van der Waals surface area contributed by atoms with E-state index in [9.17, 15) is 24.8 Å². The van der Waals surface area contributed by atoms with Crippen LogP contribution in [0.3, 0.4) is 0 Å². The molecule has 1 N–H and O–H groups in total. The van der Waals surface area contributed by atoms with Crippen molar-refractivity contribution in [3.8, 4) is 0 Å². The van der Waals surface area contributed by atoms with Crippen molar-refractivity contribution in [1.29, 1.82) is 0 Å². The molecular weight excluding hydrogens is 408 g/mol. The molecule has 1 heterocycles. The van der Waals surface area contributed by atoms with Gasteiger partial charge in [-0.1, -0.05) is 60.7 Å². The van der Waals surface area contributed by atoms with Crippen molar-refractivity contribution < 1.29 is 19.6 Å². The van der Waals surface area contributed by atoms with Crippen LogP contribution in [0.25, 0.3) is 5.76 Å². The van der Waals surface area contributed by atoms with Gasteiger partial charge in [-0.2, -0.15) is 0 Å². The predicted octanol–water partition coefficient (Wildman–Crippen LogP) is 4.26. The number of nitrogens with zero attached hydrogens (tertiary/aromatic N) is 2. The van der Waals surface area contributed by atoms with Gasteiger partial charge in [0.05, 0.1) is 16.5 Å². The number of benzene rings is 3. The van der Waals surface area contributed by atoms with Gasteiger partial charge in [-0.05, 0) is 29.7 Å². The van der Waals surface area contributed by atoms with Gasteiger partial charge in [0.2, 0.25) is 0 Å². The van der Waals surface area contributed by atoms with Gasteiger partial charge in [0.15, 0.2) is 0 Å². The third kappa shape index (κ3) is 4.00. The van der Waals surface area contributed by atoms with E-state index in [1.54, 1.807) is 30.3 Å². The van der Waals surface area contributed by atoms with E-state index in [0.29, 0.717) is 17.5 Å². The fraction of sp³-hybridized carbons (Fsp3) is 0.120. The van der Waals surface area contributed by atoms with Gasteiger partial charge in [0, 0.05) is 24.2 Å². The van der Waals surface area contributed by atoms with Crippen molar-refractivity contribution in [1.82, 2.24) is 4.90 Å². The first-order valence-corrected chi connectivity index (χ1v) is 10.1. The van der Waals surface area contributed by atoms with E-state index in [-0.39, 0.29) is 23.6 Å². The van der Waals surface area contributed by atoms with Gasteiger partial charge in [-0.3, -0.25) is 19.7 Å². The second kappa shape index (κ2) is 8.85. The zero-order chi connectivity index (χ0) is 22.7. The van der Waals surface area contributed by atoms with Crippen molar-refractivity contribution in [2.45, 2.75) is 12.5 Å². The second-order valence-electron chi connectivity index (χ2n) is 7.44. The van der Waals surface area contributed by atoms with Crippen LogP contribution < -0.4 is 0 Å². The molecule has 7 heteroatoms. The fourth-order valence-corrected chi connectivity index (χ4v) is 3.88. The summed E-state index contributed by atoms with van der Waals surface area (Å²) < 4.78 is 0. The molecule has 0 aromatic heterocycles. The summed E-state index contributed by atoms with van der Waals surface area (Å²) in [6, 6.07) is 22.9. The quantitative estimate of drug-likeness (QED) is 0.208. The predicted molar refractivity (Wildman–Crippen MR) is 119 cm³/mol. The molecule has 0 saturated carbocycles. The summed E-state index contributed by atoms with van der Waals surface area (Å²) in [4.78, 5) is 37.9. The maximum Gasteiger partial charge on any atom is 0.295 e. The highest BCUT2D eigenvalue weighted by Crippen LogP contribution is 2.39. The Bertz CT molecular complexity index is 1190.